The largest absolute Gasteiger partial charge is 0.563 e. The normalized spacial score (nSPS) is 23.1. The molecule has 2 heteroatoms. The predicted molar refractivity (Wildman–Crippen MR) is 93.7 cm³/mol. The maximum absolute atomic E-state index is 6.70. The zero-order valence-corrected chi connectivity index (χ0v) is 14.8. The summed E-state index contributed by atoms with van der Waals surface area (Å²) in [6.45, 7) is 9.46. The van der Waals surface area contributed by atoms with E-state index >= 15 is 0 Å². The fourth-order valence-electron chi connectivity index (χ4n) is 4.33. The van der Waals surface area contributed by atoms with Crippen molar-refractivity contribution in [3.63, 3.8) is 0 Å². The molecule has 21 heavy (non-hydrogen) atoms. The lowest BCUT2D eigenvalue weighted by Gasteiger charge is -2.37. The molecule has 0 amide bonds. The molecule has 2 aliphatic rings. The van der Waals surface area contributed by atoms with Crippen LogP contribution in [0.1, 0.15) is 91.9 Å². The molecule has 120 valence electrons. The molecule has 2 rings (SSSR count). The second kappa shape index (κ2) is 7.74. The van der Waals surface area contributed by atoms with Crippen LogP contribution in [0, 0.1) is 5.41 Å². The first-order valence-electron chi connectivity index (χ1n) is 9.36. The molecule has 0 spiro atoms. The third-order valence-electron chi connectivity index (χ3n) is 5.49. The van der Waals surface area contributed by atoms with Gasteiger partial charge in [0, 0.05) is 5.41 Å². The highest BCUT2D eigenvalue weighted by Crippen LogP contribution is 2.43. The molecule has 0 heterocycles. The number of hydrogen-bond donors (Lipinski definition) is 0. The first kappa shape index (κ1) is 17.0. The SMILES string of the molecule is C/C=C(\OB(C1CCCCC1)C1CCCCC1)C(C)(C)C. The molecule has 0 saturated heterocycles. The lowest BCUT2D eigenvalue weighted by Crippen LogP contribution is -2.35. The number of hydrogen-bond acceptors (Lipinski definition) is 1. The van der Waals surface area contributed by atoms with E-state index in [4.69, 9.17) is 4.65 Å². The van der Waals surface area contributed by atoms with Gasteiger partial charge in [-0.3, -0.25) is 0 Å². The average molecular weight is 290 g/mol. The summed E-state index contributed by atoms with van der Waals surface area (Å²) < 4.78 is 6.70. The van der Waals surface area contributed by atoms with Gasteiger partial charge in [-0.2, -0.15) is 0 Å². The van der Waals surface area contributed by atoms with Crippen LogP contribution in [0.3, 0.4) is 0 Å². The molecule has 0 unspecified atom stereocenters. The summed E-state index contributed by atoms with van der Waals surface area (Å²) in [4.78, 5) is 0. The molecular weight excluding hydrogens is 255 g/mol. The lowest BCUT2D eigenvalue weighted by atomic mass is 9.41. The Morgan fingerprint density at radius 1 is 0.857 bits per heavy atom. The Balaban J connectivity index is 2.10. The molecule has 2 aliphatic carbocycles. The van der Waals surface area contributed by atoms with Crippen molar-refractivity contribution in [3.05, 3.63) is 11.8 Å². The third-order valence-corrected chi connectivity index (χ3v) is 5.49. The molecule has 1 nitrogen and oxygen atoms in total. The van der Waals surface area contributed by atoms with Crippen molar-refractivity contribution in [2.75, 3.05) is 0 Å². The number of allylic oxidation sites excluding steroid dienone is 2. The van der Waals surface area contributed by atoms with E-state index in [2.05, 4.69) is 33.8 Å². The maximum atomic E-state index is 6.70. The van der Waals surface area contributed by atoms with Crippen molar-refractivity contribution < 1.29 is 4.65 Å². The van der Waals surface area contributed by atoms with Crippen molar-refractivity contribution in [2.45, 2.75) is 104 Å². The Hall–Kier alpha value is -0.395. The summed E-state index contributed by atoms with van der Waals surface area (Å²) in [6, 6.07) is 0. The monoisotopic (exact) mass is 290 g/mol. The summed E-state index contributed by atoms with van der Waals surface area (Å²) in [5, 5.41) is 0. The minimum atomic E-state index is 0.135. The molecule has 0 aromatic rings. The van der Waals surface area contributed by atoms with Crippen LogP contribution in [0.15, 0.2) is 11.8 Å². The smallest absolute Gasteiger partial charge is 0.363 e. The zero-order valence-electron chi connectivity index (χ0n) is 14.8. The van der Waals surface area contributed by atoms with Crippen LogP contribution < -0.4 is 0 Å². The zero-order chi connectivity index (χ0) is 15.3. The van der Waals surface area contributed by atoms with E-state index in [0.29, 0.717) is 6.92 Å². The second-order valence-electron chi connectivity index (χ2n) is 8.28. The topological polar surface area (TPSA) is 9.23 Å². The van der Waals surface area contributed by atoms with Crippen LogP contribution in [0.2, 0.25) is 11.6 Å². The van der Waals surface area contributed by atoms with Gasteiger partial charge >= 0.3 is 6.92 Å². The van der Waals surface area contributed by atoms with Gasteiger partial charge in [0.25, 0.3) is 0 Å². The standard InChI is InChI=1S/C19H35BO/c1-5-18(19(2,3)4)21-20(16-12-8-6-9-13-16)17-14-10-7-11-15-17/h5,16-17H,6-15H2,1-4H3/b18-5-. The van der Waals surface area contributed by atoms with Gasteiger partial charge in [-0.15, -0.1) is 0 Å². The van der Waals surface area contributed by atoms with Crippen molar-refractivity contribution in [1.82, 2.24) is 0 Å². The van der Waals surface area contributed by atoms with Crippen LogP contribution in [0.5, 0.6) is 0 Å². The lowest BCUT2D eigenvalue weighted by molar-refractivity contribution is 0.270. The van der Waals surface area contributed by atoms with Crippen molar-refractivity contribution in [1.29, 1.82) is 0 Å². The number of rotatable bonds is 4. The quantitative estimate of drug-likeness (QED) is 0.418. The van der Waals surface area contributed by atoms with Crippen LogP contribution >= 0.6 is 0 Å². The summed E-state index contributed by atoms with van der Waals surface area (Å²) >= 11 is 0. The van der Waals surface area contributed by atoms with E-state index in [1.807, 2.05) is 0 Å². The van der Waals surface area contributed by atoms with Gasteiger partial charge in [0.1, 0.15) is 0 Å². The van der Waals surface area contributed by atoms with Gasteiger partial charge < -0.3 is 4.65 Å². The summed E-state index contributed by atoms with van der Waals surface area (Å²) in [5.41, 5.74) is 0.135. The van der Waals surface area contributed by atoms with E-state index < -0.39 is 0 Å². The van der Waals surface area contributed by atoms with E-state index in [0.717, 1.165) is 11.6 Å². The van der Waals surface area contributed by atoms with Crippen LogP contribution in [0.4, 0.5) is 0 Å². The fraction of sp³-hybridized carbons (Fsp3) is 0.895. The van der Waals surface area contributed by atoms with Crippen molar-refractivity contribution in [2.24, 2.45) is 5.41 Å². The molecule has 0 N–H and O–H groups in total. The van der Waals surface area contributed by atoms with Crippen molar-refractivity contribution in [3.8, 4) is 0 Å². The van der Waals surface area contributed by atoms with Gasteiger partial charge in [0.2, 0.25) is 0 Å². The molecule has 2 saturated carbocycles. The fourth-order valence-corrected chi connectivity index (χ4v) is 4.33. The molecular formula is C19H35BO. The van der Waals surface area contributed by atoms with Crippen LogP contribution in [-0.2, 0) is 4.65 Å². The third kappa shape index (κ3) is 4.79. The Morgan fingerprint density at radius 2 is 1.29 bits per heavy atom. The van der Waals surface area contributed by atoms with Gasteiger partial charge in [-0.25, -0.2) is 0 Å². The van der Waals surface area contributed by atoms with Gasteiger partial charge in [0.15, 0.2) is 0 Å². The summed E-state index contributed by atoms with van der Waals surface area (Å²) in [6.07, 6.45) is 16.3. The first-order valence-corrected chi connectivity index (χ1v) is 9.36. The molecule has 0 bridgehead atoms. The predicted octanol–water partition coefficient (Wildman–Crippen LogP) is 6.61. The van der Waals surface area contributed by atoms with Crippen molar-refractivity contribution >= 4 is 6.92 Å². The van der Waals surface area contributed by atoms with Gasteiger partial charge in [0.05, 0.1) is 5.76 Å². The highest BCUT2D eigenvalue weighted by Gasteiger charge is 2.39. The molecule has 0 aromatic heterocycles. The first-order chi connectivity index (χ1) is 10.0. The molecule has 0 aromatic carbocycles. The highest BCUT2D eigenvalue weighted by atomic mass is 16.4. The molecule has 0 radical (unpaired) electrons. The minimum Gasteiger partial charge on any atom is -0.563 e. The Bertz CT molecular complexity index is 312. The second-order valence-corrected chi connectivity index (χ2v) is 8.28. The highest BCUT2D eigenvalue weighted by molar-refractivity contribution is 6.55. The Morgan fingerprint density at radius 3 is 1.62 bits per heavy atom. The molecule has 2 fully saturated rings. The molecule has 0 aliphatic heterocycles. The van der Waals surface area contributed by atoms with E-state index in [1.54, 1.807) is 0 Å². The minimum absolute atomic E-state index is 0.135. The maximum Gasteiger partial charge on any atom is 0.363 e. The Labute approximate surface area is 133 Å². The molecule has 0 atom stereocenters. The van der Waals surface area contributed by atoms with Gasteiger partial charge in [-0.1, -0.05) is 91.1 Å². The van der Waals surface area contributed by atoms with E-state index in [-0.39, 0.29) is 5.41 Å². The van der Waals surface area contributed by atoms with E-state index in [9.17, 15) is 0 Å². The Kier molecular flexibility index (Phi) is 6.26. The van der Waals surface area contributed by atoms with Crippen LogP contribution in [-0.4, -0.2) is 6.92 Å². The average Bonchev–Trinajstić information content (AvgIpc) is 2.49. The summed E-state index contributed by atoms with van der Waals surface area (Å²) in [7, 11) is 0. The summed E-state index contributed by atoms with van der Waals surface area (Å²) in [5.74, 6) is 2.82. The van der Waals surface area contributed by atoms with E-state index in [1.165, 1.54) is 70.0 Å². The van der Waals surface area contributed by atoms with Crippen LogP contribution in [0.25, 0.3) is 0 Å². The van der Waals surface area contributed by atoms with Gasteiger partial charge in [-0.05, 0) is 18.6 Å².